The number of Topliss-reactive ketones (excluding diaryl/α,β-unsaturated/α-hetero) is 1. The topological polar surface area (TPSA) is 64.6 Å². The van der Waals surface area contributed by atoms with E-state index in [-0.39, 0.29) is 35.7 Å². The summed E-state index contributed by atoms with van der Waals surface area (Å²) in [6.45, 7) is 21.7. The number of ketones is 1. The minimum Gasteiger partial charge on any atom is -0.380 e. The number of amides is 1. The maximum Gasteiger partial charge on any atom is 0.246 e. The Labute approximate surface area is 156 Å². The van der Waals surface area contributed by atoms with E-state index < -0.39 is 0 Å². The molecule has 25 heavy (non-hydrogen) atoms. The summed E-state index contributed by atoms with van der Waals surface area (Å²) in [6, 6.07) is 0. The van der Waals surface area contributed by atoms with Gasteiger partial charge < -0.3 is 14.8 Å². The van der Waals surface area contributed by atoms with Crippen LogP contribution in [0, 0.1) is 10.8 Å². The van der Waals surface area contributed by atoms with Crippen LogP contribution in [0.4, 0.5) is 0 Å². The van der Waals surface area contributed by atoms with Crippen molar-refractivity contribution in [2.24, 2.45) is 10.8 Å². The lowest BCUT2D eigenvalue weighted by atomic mass is 9.91. The van der Waals surface area contributed by atoms with Crippen LogP contribution >= 0.6 is 0 Å². The first-order valence-electron chi connectivity index (χ1n) is 9.49. The average molecular weight is 362 g/mol. The number of carbonyl (C=O) groups excluding carboxylic acids is 2. The molecular formula is C20H43NO4. The number of hydrogen-bond acceptors (Lipinski definition) is 4. The van der Waals surface area contributed by atoms with Crippen molar-refractivity contribution in [2.75, 3.05) is 33.0 Å². The normalized spacial score (nSPS) is 10.8. The van der Waals surface area contributed by atoms with Crippen LogP contribution < -0.4 is 5.32 Å². The summed E-state index contributed by atoms with van der Waals surface area (Å²) in [5, 5.41) is 2.80. The molecule has 5 heteroatoms. The molecule has 0 heterocycles. The van der Waals surface area contributed by atoms with Gasteiger partial charge in [-0.2, -0.15) is 0 Å². The third kappa shape index (κ3) is 21.0. The predicted molar refractivity (Wildman–Crippen MR) is 106 cm³/mol. The van der Waals surface area contributed by atoms with Gasteiger partial charge in [-0.25, -0.2) is 0 Å². The maximum atomic E-state index is 11.6. The standard InChI is InChI=1S/C16H31NO4.2C2H6/c1-7-15(3,4)11-21-12-16(5,6)10-17-14(19)9-20-8-13(2)18;2*1-2/h7-12H2,1-6H3,(H,17,19);2*1-2H3. The van der Waals surface area contributed by atoms with Gasteiger partial charge in [0.1, 0.15) is 13.2 Å². The molecule has 0 bridgehead atoms. The summed E-state index contributed by atoms with van der Waals surface area (Å²) >= 11 is 0. The lowest BCUT2D eigenvalue weighted by Crippen LogP contribution is -2.39. The monoisotopic (exact) mass is 361 g/mol. The van der Waals surface area contributed by atoms with E-state index in [0.717, 1.165) is 6.42 Å². The fraction of sp³-hybridized carbons (Fsp3) is 0.900. The molecule has 5 nitrogen and oxygen atoms in total. The largest absolute Gasteiger partial charge is 0.380 e. The van der Waals surface area contributed by atoms with Crippen LogP contribution in [0.1, 0.15) is 75.7 Å². The molecule has 1 N–H and O–H groups in total. The Bertz CT molecular complexity index is 339. The molecule has 0 aromatic heterocycles. The van der Waals surface area contributed by atoms with Gasteiger partial charge in [0.05, 0.1) is 13.2 Å². The molecule has 1 amide bonds. The smallest absolute Gasteiger partial charge is 0.246 e. The number of ether oxygens (including phenoxy) is 2. The predicted octanol–water partition coefficient (Wildman–Crippen LogP) is 4.24. The molecule has 0 aromatic rings. The van der Waals surface area contributed by atoms with Crippen molar-refractivity contribution in [3.8, 4) is 0 Å². The van der Waals surface area contributed by atoms with Gasteiger partial charge in [0.15, 0.2) is 5.78 Å². The fourth-order valence-electron chi connectivity index (χ4n) is 1.43. The Morgan fingerprint density at radius 3 is 1.76 bits per heavy atom. The Kier molecular flexibility index (Phi) is 19.1. The molecule has 0 aliphatic rings. The van der Waals surface area contributed by atoms with Gasteiger partial charge in [-0.1, -0.05) is 62.3 Å². The van der Waals surface area contributed by atoms with Gasteiger partial charge in [0, 0.05) is 12.0 Å². The quantitative estimate of drug-likeness (QED) is 0.598. The molecule has 0 unspecified atom stereocenters. The van der Waals surface area contributed by atoms with Gasteiger partial charge in [0.2, 0.25) is 5.91 Å². The van der Waals surface area contributed by atoms with Crippen molar-refractivity contribution in [1.82, 2.24) is 5.32 Å². The SMILES string of the molecule is CC.CC.CCC(C)(C)COCC(C)(C)CNC(=O)COCC(C)=O. The molecule has 0 saturated carbocycles. The van der Waals surface area contributed by atoms with Crippen molar-refractivity contribution in [3.05, 3.63) is 0 Å². The summed E-state index contributed by atoms with van der Waals surface area (Å²) < 4.78 is 10.7. The summed E-state index contributed by atoms with van der Waals surface area (Å²) in [5.74, 6) is -0.298. The van der Waals surface area contributed by atoms with Crippen molar-refractivity contribution in [1.29, 1.82) is 0 Å². The zero-order chi connectivity index (χ0) is 20.5. The van der Waals surface area contributed by atoms with Crippen LogP contribution in [0.25, 0.3) is 0 Å². The molecule has 0 radical (unpaired) electrons. The van der Waals surface area contributed by atoms with E-state index in [2.05, 4.69) is 26.1 Å². The van der Waals surface area contributed by atoms with Crippen LogP contribution in [0.2, 0.25) is 0 Å². The van der Waals surface area contributed by atoms with E-state index in [1.54, 1.807) is 0 Å². The van der Waals surface area contributed by atoms with Crippen molar-refractivity contribution in [2.45, 2.75) is 75.7 Å². The van der Waals surface area contributed by atoms with Crippen molar-refractivity contribution < 1.29 is 19.1 Å². The van der Waals surface area contributed by atoms with Gasteiger partial charge in [-0.05, 0) is 18.8 Å². The van der Waals surface area contributed by atoms with Crippen LogP contribution in [0.15, 0.2) is 0 Å². The minimum absolute atomic E-state index is 0.0218. The van der Waals surface area contributed by atoms with E-state index in [9.17, 15) is 9.59 Å². The summed E-state index contributed by atoms with van der Waals surface area (Å²) in [7, 11) is 0. The first kappa shape index (κ1) is 28.8. The number of carbonyl (C=O) groups is 2. The van der Waals surface area contributed by atoms with Crippen LogP contribution in [-0.4, -0.2) is 44.7 Å². The second-order valence-electron chi connectivity index (χ2n) is 7.15. The summed E-state index contributed by atoms with van der Waals surface area (Å²) in [6.07, 6.45) is 1.07. The first-order valence-corrected chi connectivity index (χ1v) is 9.49. The number of nitrogens with one attached hydrogen (secondary N) is 1. The molecular weight excluding hydrogens is 318 g/mol. The Morgan fingerprint density at radius 2 is 1.32 bits per heavy atom. The third-order valence-electron chi connectivity index (χ3n) is 3.25. The molecule has 0 aliphatic carbocycles. The number of rotatable bonds is 11. The molecule has 0 spiro atoms. The zero-order valence-electron chi connectivity index (χ0n) is 18.4. The highest BCUT2D eigenvalue weighted by atomic mass is 16.5. The fourth-order valence-corrected chi connectivity index (χ4v) is 1.43. The highest BCUT2D eigenvalue weighted by Crippen LogP contribution is 2.22. The van der Waals surface area contributed by atoms with E-state index in [1.807, 2.05) is 41.5 Å². The lowest BCUT2D eigenvalue weighted by Gasteiger charge is -2.28. The van der Waals surface area contributed by atoms with Gasteiger partial charge in [-0.15, -0.1) is 0 Å². The molecule has 0 fully saturated rings. The number of hydrogen-bond donors (Lipinski definition) is 1. The Hall–Kier alpha value is -0.940. The Balaban J connectivity index is -0.00000112. The second kappa shape index (κ2) is 16.5. The molecule has 0 rings (SSSR count). The summed E-state index contributed by atoms with van der Waals surface area (Å²) in [4.78, 5) is 22.3. The molecule has 152 valence electrons. The van der Waals surface area contributed by atoms with Gasteiger partial charge in [0.25, 0.3) is 0 Å². The van der Waals surface area contributed by atoms with Crippen LogP contribution in [-0.2, 0) is 19.1 Å². The lowest BCUT2D eigenvalue weighted by molar-refractivity contribution is -0.129. The van der Waals surface area contributed by atoms with E-state index in [4.69, 9.17) is 9.47 Å². The van der Waals surface area contributed by atoms with Gasteiger partial charge in [-0.3, -0.25) is 9.59 Å². The zero-order valence-corrected chi connectivity index (χ0v) is 18.4. The second-order valence-corrected chi connectivity index (χ2v) is 7.15. The summed E-state index contributed by atoms with van der Waals surface area (Å²) in [5.41, 5.74) is 0.0416. The first-order chi connectivity index (χ1) is 11.6. The average Bonchev–Trinajstić information content (AvgIpc) is 2.56. The molecule has 0 atom stereocenters. The molecule has 0 aromatic carbocycles. The Morgan fingerprint density at radius 1 is 0.840 bits per heavy atom. The highest BCUT2D eigenvalue weighted by molar-refractivity contribution is 5.79. The van der Waals surface area contributed by atoms with E-state index in [1.165, 1.54) is 6.92 Å². The molecule has 0 aliphatic heterocycles. The van der Waals surface area contributed by atoms with Crippen molar-refractivity contribution in [3.63, 3.8) is 0 Å². The minimum atomic E-state index is -0.210. The van der Waals surface area contributed by atoms with Crippen molar-refractivity contribution >= 4 is 11.7 Å². The van der Waals surface area contributed by atoms with Crippen LogP contribution in [0.3, 0.4) is 0 Å². The maximum absolute atomic E-state index is 11.6. The van der Waals surface area contributed by atoms with E-state index in [0.29, 0.717) is 19.8 Å². The highest BCUT2D eigenvalue weighted by Gasteiger charge is 2.22. The third-order valence-corrected chi connectivity index (χ3v) is 3.25. The molecule has 0 saturated heterocycles. The van der Waals surface area contributed by atoms with E-state index >= 15 is 0 Å². The van der Waals surface area contributed by atoms with Crippen LogP contribution in [0.5, 0.6) is 0 Å². The van der Waals surface area contributed by atoms with Gasteiger partial charge >= 0.3 is 0 Å².